The molecule has 0 aliphatic heterocycles. The summed E-state index contributed by atoms with van der Waals surface area (Å²) in [6.45, 7) is 7.28. The topological polar surface area (TPSA) is 38.1 Å². The van der Waals surface area contributed by atoms with Gasteiger partial charge in [0, 0.05) is 24.4 Å². The first kappa shape index (κ1) is 10.3. The Balaban J connectivity index is 2.67. The number of nitrogens with zero attached hydrogens (tertiary/aromatic N) is 1. The normalized spacial score (nSPS) is 13.6. The van der Waals surface area contributed by atoms with Crippen LogP contribution >= 0.6 is 0 Å². The number of nitrogens with one attached hydrogen (secondary N) is 1. The first-order valence-corrected chi connectivity index (χ1v) is 4.76. The van der Waals surface area contributed by atoms with Crippen LogP contribution in [0, 0.1) is 0 Å². The van der Waals surface area contributed by atoms with Crippen LogP contribution < -0.4 is 5.32 Å². The Labute approximate surface area is 79.5 Å². The molecule has 0 radical (unpaired) electrons. The predicted octanol–water partition coefficient (Wildman–Crippen LogP) is 2.12. The molecule has 1 rings (SSSR count). The van der Waals surface area contributed by atoms with Gasteiger partial charge < -0.3 is 9.84 Å². The lowest BCUT2D eigenvalue weighted by molar-refractivity contribution is 0.362. The molecule has 0 bridgehead atoms. The summed E-state index contributed by atoms with van der Waals surface area (Å²) < 4.78 is 5.22. The van der Waals surface area contributed by atoms with E-state index >= 15 is 0 Å². The molecule has 0 saturated heterocycles. The summed E-state index contributed by atoms with van der Waals surface area (Å²) in [7, 11) is 1.94. The third-order valence-corrected chi connectivity index (χ3v) is 2.13. The summed E-state index contributed by atoms with van der Waals surface area (Å²) in [6, 6.07) is 2.05. The average Bonchev–Trinajstić information content (AvgIpc) is 2.52. The zero-order valence-electron chi connectivity index (χ0n) is 8.79. The number of rotatable bonds is 4. The smallest absolute Gasteiger partial charge is 0.139 e. The number of aromatic nitrogens is 1. The quantitative estimate of drug-likeness (QED) is 0.775. The fourth-order valence-corrected chi connectivity index (χ4v) is 1.22. The molecule has 0 aromatic carbocycles. The molecule has 3 heteroatoms. The summed E-state index contributed by atoms with van der Waals surface area (Å²) in [5.41, 5.74) is 1.04. The Bertz CT molecular complexity index is 255. The molecule has 1 aromatic heterocycles. The van der Waals surface area contributed by atoms with Crippen LogP contribution in [0.3, 0.4) is 0 Å². The highest BCUT2D eigenvalue weighted by molar-refractivity contribution is 5.12. The summed E-state index contributed by atoms with van der Waals surface area (Å²) in [6.07, 6.45) is 0. The highest BCUT2D eigenvalue weighted by Gasteiger charge is 2.12. The van der Waals surface area contributed by atoms with E-state index < -0.39 is 0 Å². The summed E-state index contributed by atoms with van der Waals surface area (Å²) in [5.74, 6) is 1.81. The van der Waals surface area contributed by atoms with Gasteiger partial charge in [0.1, 0.15) is 5.76 Å². The van der Waals surface area contributed by atoms with Crippen molar-refractivity contribution in [2.24, 2.45) is 0 Å². The van der Waals surface area contributed by atoms with Gasteiger partial charge in [-0.05, 0) is 7.05 Å². The minimum absolute atomic E-state index is 0.418. The van der Waals surface area contributed by atoms with Crippen molar-refractivity contribution in [3.05, 3.63) is 17.5 Å². The molecule has 1 N–H and O–H groups in total. The van der Waals surface area contributed by atoms with E-state index in [-0.39, 0.29) is 0 Å². The van der Waals surface area contributed by atoms with Gasteiger partial charge >= 0.3 is 0 Å². The molecule has 1 aromatic rings. The van der Waals surface area contributed by atoms with Crippen molar-refractivity contribution >= 4 is 0 Å². The number of likely N-dealkylation sites (N-methyl/N-ethyl adjacent to an activating group) is 1. The van der Waals surface area contributed by atoms with Gasteiger partial charge in [-0.15, -0.1) is 0 Å². The van der Waals surface area contributed by atoms with Crippen molar-refractivity contribution in [3.8, 4) is 0 Å². The molecule has 0 fully saturated rings. The van der Waals surface area contributed by atoms with Crippen molar-refractivity contribution < 1.29 is 4.52 Å². The Kier molecular flexibility index (Phi) is 3.48. The fourth-order valence-electron chi connectivity index (χ4n) is 1.22. The van der Waals surface area contributed by atoms with Crippen LogP contribution in [0.2, 0.25) is 0 Å². The van der Waals surface area contributed by atoms with E-state index in [1.165, 1.54) is 0 Å². The molecule has 0 aliphatic carbocycles. The first-order valence-electron chi connectivity index (χ1n) is 4.76. The van der Waals surface area contributed by atoms with Gasteiger partial charge in [0.05, 0.1) is 5.69 Å². The highest BCUT2D eigenvalue weighted by Crippen LogP contribution is 2.19. The van der Waals surface area contributed by atoms with Gasteiger partial charge in [0.15, 0.2) is 0 Å². The minimum Gasteiger partial charge on any atom is -0.361 e. The second kappa shape index (κ2) is 4.42. The summed E-state index contributed by atoms with van der Waals surface area (Å²) in [4.78, 5) is 0. The highest BCUT2D eigenvalue weighted by atomic mass is 16.5. The minimum atomic E-state index is 0.418. The fraction of sp³-hybridized carbons (Fsp3) is 0.700. The standard InChI is InChI=1S/C10H18N2O/c1-7(2)10-5-9(12-13-10)8(3)6-11-4/h5,7-8,11H,6H2,1-4H3. The molecule has 0 spiro atoms. The van der Waals surface area contributed by atoms with Crippen molar-refractivity contribution in [2.45, 2.75) is 32.6 Å². The van der Waals surface area contributed by atoms with Gasteiger partial charge in [0.25, 0.3) is 0 Å². The monoisotopic (exact) mass is 182 g/mol. The maximum Gasteiger partial charge on any atom is 0.139 e. The zero-order valence-corrected chi connectivity index (χ0v) is 8.79. The van der Waals surface area contributed by atoms with Gasteiger partial charge in [-0.3, -0.25) is 0 Å². The SMILES string of the molecule is CNCC(C)c1cc(C(C)C)on1. The molecule has 3 nitrogen and oxygen atoms in total. The molecule has 0 saturated carbocycles. The van der Waals surface area contributed by atoms with E-state index in [2.05, 4.69) is 31.2 Å². The van der Waals surface area contributed by atoms with Gasteiger partial charge in [-0.2, -0.15) is 0 Å². The third kappa shape index (κ3) is 2.56. The lowest BCUT2D eigenvalue weighted by atomic mass is 10.1. The molecule has 0 amide bonds. The van der Waals surface area contributed by atoms with E-state index in [9.17, 15) is 0 Å². The maximum atomic E-state index is 5.22. The second-order valence-corrected chi connectivity index (χ2v) is 3.77. The Hall–Kier alpha value is -0.830. The molecule has 1 atom stereocenters. The van der Waals surface area contributed by atoms with E-state index in [4.69, 9.17) is 4.52 Å². The molecule has 74 valence electrons. The Morgan fingerprint density at radius 2 is 2.15 bits per heavy atom. The van der Waals surface area contributed by atoms with Crippen LogP contribution in [-0.4, -0.2) is 18.7 Å². The lowest BCUT2D eigenvalue weighted by Crippen LogP contribution is -2.14. The van der Waals surface area contributed by atoms with Crippen molar-refractivity contribution in [3.63, 3.8) is 0 Å². The third-order valence-electron chi connectivity index (χ3n) is 2.13. The predicted molar refractivity (Wildman–Crippen MR) is 52.9 cm³/mol. The molecule has 1 heterocycles. The van der Waals surface area contributed by atoms with Crippen LogP contribution in [0.25, 0.3) is 0 Å². The van der Waals surface area contributed by atoms with Crippen molar-refractivity contribution in [1.82, 2.24) is 10.5 Å². The Morgan fingerprint density at radius 3 is 2.62 bits per heavy atom. The Morgan fingerprint density at radius 1 is 1.46 bits per heavy atom. The first-order chi connectivity index (χ1) is 6.15. The van der Waals surface area contributed by atoms with Crippen LogP contribution in [0.5, 0.6) is 0 Å². The van der Waals surface area contributed by atoms with E-state index in [1.54, 1.807) is 0 Å². The van der Waals surface area contributed by atoms with Crippen LogP contribution in [0.4, 0.5) is 0 Å². The maximum absolute atomic E-state index is 5.22. The van der Waals surface area contributed by atoms with E-state index in [0.29, 0.717) is 11.8 Å². The van der Waals surface area contributed by atoms with Gasteiger partial charge in [-0.25, -0.2) is 0 Å². The lowest BCUT2D eigenvalue weighted by Gasteiger charge is -2.04. The summed E-state index contributed by atoms with van der Waals surface area (Å²) >= 11 is 0. The van der Waals surface area contributed by atoms with Crippen LogP contribution in [0.15, 0.2) is 10.6 Å². The largest absolute Gasteiger partial charge is 0.361 e. The van der Waals surface area contributed by atoms with Gasteiger partial charge in [-0.1, -0.05) is 25.9 Å². The van der Waals surface area contributed by atoms with Crippen molar-refractivity contribution in [1.29, 1.82) is 0 Å². The van der Waals surface area contributed by atoms with Crippen LogP contribution in [0.1, 0.15) is 44.1 Å². The number of hydrogen-bond acceptors (Lipinski definition) is 3. The van der Waals surface area contributed by atoms with Crippen LogP contribution in [-0.2, 0) is 0 Å². The molecular weight excluding hydrogens is 164 g/mol. The molecule has 13 heavy (non-hydrogen) atoms. The molecular formula is C10H18N2O. The molecule has 0 aliphatic rings. The van der Waals surface area contributed by atoms with Crippen molar-refractivity contribution in [2.75, 3.05) is 13.6 Å². The summed E-state index contributed by atoms with van der Waals surface area (Å²) in [5, 5.41) is 7.16. The van der Waals surface area contributed by atoms with E-state index in [1.807, 2.05) is 13.1 Å². The van der Waals surface area contributed by atoms with E-state index in [0.717, 1.165) is 18.0 Å². The number of hydrogen-bond donors (Lipinski definition) is 1. The van der Waals surface area contributed by atoms with Gasteiger partial charge in [0.2, 0.25) is 0 Å². The second-order valence-electron chi connectivity index (χ2n) is 3.77. The average molecular weight is 182 g/mol. The molecule has 1 unspecified atom stereocenters. The zero-order chi connectivity index (χ0) is 9.84.